The van der Waals surface area contributed by atoms with Crippen LogP contribution in [0.25, 0.3) is 0 Å². The summed E-state index contributed by atoms with van der Waals surface area (Å²) in [6.45, 7) is 2.28. The summed E-state index contributed by atoms with van der Waals surface area (Å²) in [5, 5.41) is 9.18. The van der Waals surface area contributed by atoms with Crippen LogP contribution in [0.3, 0.4) is 0 Å². The molecular formula is C19H19F3N3O2S+. The molecular weight excluding hydrogens is 391 g/mol. The molecule has 0 atom stereocenters. The fraction of sp³-hybridized carbons (Fsp3) is 0.316. The zero-order valence-corrected chi connectivity index (χ0v) is 15.7. The predicted molar refractivity (Wildman–Crippen MR) is 95.8 cm³/mol. The molecule has 1 fully saturated rings. The zero-order chi connectivity index (χ0) is 20.4. The molecule has 28 heavy (non-hydrogen) atoms. The lowest BCUT2D eigenvalue weighted by molar-refractivity contribution is -0.917. The number of alkyl halides is 3. The second-order valence-corrected chi connectivity index (χ2v) is 8.56. The van der Waals surface area contributed by atoms with E-state index in [9.17, 15) is 26.9 Å². The van der Waals surface area contributed by atoms with Gasteiger partial charge in [-0.25, -0.2) is 8.42 Å². The average Bonchev–Trinajstić information content (AvgIpc) is 2.68. The number of piperazine rings is 1. The molecule has 0 amide bonds. The number of hydrogen-bond donors (Lipinski definition) is 1. The lowest BCUT2D eigenvalue weighted by atomic mass is 10.1. The molecule has 0 aliphatic carbocycles. The Hall–Kier alpha value is -2.41. The fourth-order valence-electron chi connectivity index (χ4n) is 3.24. The van der Waals surface area contributed by atoms with Crippen molar-refractivity contribution >= 4 is 10.0 Å². The van der Waals surface area contributed by atoms with Crippen molar-refractivity contribution in [2.45, 2.75) is 17.6 Å². The van der Waals surface area contributed by atoms with E-state index in [1.54, 1.807) is 12.1 Å². The van der Waals surface area contributed by atoms with Crippen molar-refractivity contribution in [3.05, 3.63) is 65.2 Å². The van der Waals surface area contributed by atoms with Gasteiger partial charge in [0, 0.05) is 5.56 Å². The van der Waals surface area contributed by atoms with Crippen molar-refractivity contribution in [2.24, 2.45) is 0 Å². The van der Waals surface area contributed by atoms with E-state index in [4.69, 9.17) is 0 Å². The van der Waals surface area contributed by atoms with Crippen molar-refractivity contribution in [1.82, 2.24) is 4.31 Å². The van der Waals surface area contributed by atoms with Gasteiger partial charge < -0.3 is 4.90 Å². The van der Waals surface area contributed by atoms with Crippen molar-refractivity contribution in [3.63, 3.8) is 0 Å². The molecule has 1 N–H and O–H groups in total. The number of nitrogens with one attached hydrogen (secondary N) is 1. The molecule has 0 unspecified atom stereocenters. The Morgan fingerprint density at radius 1 is 1.04 bits per heavy atom. The molecule has 9 heteroatoms. The zero-order valence-electron chi connectivity index (χ0n) is 14.9. The maximum Gasteiger partial charge on any atom is 0.416 e. The second-order valence-electron chi connectivity index (χ2n) is 6.62. The van der Waals surface area contributed by atoms with Gasteiger partial charge in [0.1, 0.15) is 6.54 Å². The molecule has 0 spiro atoms. The van der Waals surface area contributed by atoms with Crippen LogP contribution in [-0.4, -0.2) is 38.9 Å². The summed E-state index contributed by atoms with van der Waals surface area (Å²) in [6, 6.07) is 13.0. The number of nitrogens with zero attached hydrogens (tertiary/aromatic N) is 2. The van der Waals surface area contributed by atoms with Crippen LogP contribution in [0.5, 0.6) is 0 Å². The van der Waals surface area contributed by atoms with Crippen molar-refractivity contribution in [3.8, 4) is 6.07 Å². The smallest absolute Gasteiger partial charge is 0.329 e. The topological polar surface area (TPSA) is 65.6 Å². The van der Waals surface area contributed by atoms with Crippen LogP contribution in [0.1, 0.15) is 16.7 Å². The van der Waals surface area contributed by atoms with Gasteiger partial charge in [0.15, 0.2) is 0 Å². The Labute approximate surface area is 161 Å². The van der Waals surface area contributed by atoms with E-state index in [1.807, 2.05) is 12.1 Å². The largest absolute Gasteiger partial charge is 0.416 e. The Morgan fingerprint density at radius 3 is 2.21 bits per heavy atom. The predicted octanol–water partition coefficient (Wildman–Crippen LogP) is 1.67. The number of quaternary nitrogens is 1. The van der Waals surface area contributed by atoms with Gasteiger partial charge in [0.2, 0.25) is 10.0 Å². The average molecular weight is 410 g/mol. The van der Waals surface area contributed by atoms with E-state index >= 15 is 0 Å². The molecule has 1 aliphatic heterocycles. The van der Waals surface area contributed by atoms with Gasteiger partial charge >= 0.3 is 6.18 Å². The quantitative estimate of drug-likeness (QED) is 0.834. The Bertz CT molecular complexity index is 975. The van der Waals surface area contributed by atoms with Gasteiger partial charge in [-0.15, -0.1) is 0 Å². The minimum Gasteiger partial charge on any atom is -0.329 e. The maximum atomic E-state index is 12.7. The molecule has 1 saturated heterocycles. The summed E-state index contributed by atoms with van der Waals surface area (Å²) in [4.78, 5) is 1.01. The van der Waals surface area contributed by atoms with Crippen molar-refractivity contribution in [1.29, 1.82) is 5.26 Å². The molecule has 1 aliphatic rings. The summed E-state index contributed by atoms with van der Waals surface area (Å²) in [5.41, 5.74) is 0.644. The first kappa shape index (κ1) is 20.3. The van der Waals surface area contributed by atoms with Gasteiger partial charge in [-0.3, -0.25) is 0 Å². The molecule has 0 aromatic heterocycles. The number of benzene rings is 2. The molecule has 148 valence electrons. The monoisotopic (exact) mass is 410 g/mol. The third kappa shape index (κ3) is 4.35. The fourth-order valence-corrected chi connectivity index (χ4v) is 4.68. The van der Waals surface area contributed by atoms with E-state index in [0.29, 0.717) is 25.2 Å². The summed E-state index contributed by atoms with van der Waals surface area (Å²) >= 11 is 0. The number of halogens is 3. The van der Waals surface area contributed by atoms with Gasteiger partial charge in [0.25, 0.3) is 0 Å². The molecule has 2 aromatic carbocycles. The summed E-state index contributed by atoms with van der Waals surface area (Å²) in [5.74, 6) is 0. The first-order valence-electron chi connectivity index (χ1n) is 8.71. The number of hydrogen-bond acceptors (Lipinski definition) is 3. The molecule has 5 nitrogen and oxygen atoms in total. The lowest BCUT2D eigenvalue weighted by Crippen LogP contribution is -3.13. The van der Waals surface area contributed by atoms with E-state index in [2.05, 4.69) is 6.07 Å². The third-order valence-electron chi connectivity index (χ3n) is 4.83. The minimum absolute atomic E-state index is 0.140. The van der Waals surface area contributed by atoms with Gasteiger partial charge in [-0.1, -0.05) is 18.2 Å². The molecule has 3 rings (SSSR count). The molecule has 1 heterocycles. The van der Waals surface area contributed by atoms with Crippen LogP contribution in [0.2, 0.25) is 0 Å². The van der Waals surface area contributed by atoms with Crippen LogP contribution in [0.15, 0.2) is 53.4 Å². The first-order chi connectivity index (χ1) is 13.2. The third-order valence-corrected chi connectivity index (χ3v) is 6.74. The van der Waals surface area contributed by atoms with E-state index < -0.39 is 21.8 Å². The molecule has 0 saturated carbocycles. The summed E-state index contributed by atoms with van der Waals surface area (Å²) in [6.07, 6.45) is -4.50. The van der Waals surface area contributed by atoms with Crippen molar-refractivity contribution in [2.75, 3.05) is 26.2 Å². The van der Waals surface area contributed by atoms with Crippen LogP contribution < -0.4 is 4.90 Å². The highest BCUT2D eigenvalue weighted by atomic mass is 32.2. The molecule has 2 aromatic rings. The SMILES string of the molecule is N#Cc1ccccc1C[NH+]1CCN(S(=O)(=O)c2ccc(C(F)(F)F)cc2)CC1. The van der Waals surface area contributed by atoms with Crippen LogP contribution in [0, 0.1) is 11.3 Å². The lowest BCUT2D eigenvalue weighted by Gasteiger charge is -2.31. The Kier molecular flexibility index (Phi) is 5.74. The van der Waals surface area contributed by atoms with Crippen LogP contribution in [0.4, 0.5) is 13.2 Å². The second kappa shape index (κ2) is 7.91. The van der Waals surface area contributed by atoms with Crippen LogP contribution in [-0.2, 0) is 22.7 Å². The molecule has 0 bridgehead atoms. The Balaban J connectivity index is 1.66. The van der Waals surface area contributed by atoms with Gasteiger partial charge in [-0.2, -0.15) is 22.7 Å². The summed E-state index contributed by atoms with van der Waals surface area (Å²) in [7, 11) is -3.83. The number of sulfonamides is 1. The van der Waals surface area contributed by atoms with Gasteiger partial charge in [0.05, 0.1) is 48.3 Å². The standard InChI is InChI=1S/C19H18F3N3O2S/c20-19(21,22)17-5-7-18(8-6-17)28(26,27)25-11-9-24(10-12-25)14-16-4-2-1-3-15(16)13-23/h1-8H,9-12,14H2/p+1. The highest BCUT2D eigenvalue weighted by Gasteiger charge is 2.33. The van der Waals surface area contributed by atoms with Gasteiger partial charge in [-0.05, 0) is 30.3 Å². The van der Waals surface area contributed by atoms with Crippen molar-refractivity contribution < 1.29 is 26.5 Å². The normalized spacial score (nSPS) is 16.6. The molecule has 0 radical (unpaired) electrons. The first-order valence-corrected chi connectivity index (χ1v) is 10.1. The summed E-state index contributed by atoms with van der Waals surface area (Å²) < 4.78 is 64.7. The highest BCUT2D eigenvalue weighted by molar-refractivity contribution is 7.89. The minimum atomic E-state index is -4.50. The van der Waals surface area contributed by atoms with E-state index in [-0.39, 0.29) is 18.0 Å². The van der Waals surface area contributed by atoms with E-state index in [0.717, 1.165) is 34.7 Å². The Morgan fingerprint density at radius 2 is 1.64 bits per heavy atom. The number of nitriles is 1. The van der Waals surface area contributed by atoms with Crippen LogP contribution >= 0.6 is 0 Å². The highest BCUT2D eigenvalue weighted by Crippen LogP contribution is 2.30. The number of rotatable bonds is 4. The van der Waals surface area contributed by atoms with E-state index in [1.165, 1.54) is 4.31 Å². The maximum absolute atomic E-state index is 12.7.